The highest BCUT2D eigenvalue weighted by Crippen LogP contribution is 2.49. The second-order valence-electron chi connectivity index (χ2n) is 7.38. The molecule has 0 radical (unpaired) electrons. The predicted molar refractivity (Wildman–Crippen MR) is 85.1 cm³/mol. The summed E-state index contributed by atoms with van der Waals surface area (Å²) in [6.07, 6.45) is 2.27. The van der Waals surface area contributed by atoms with Crippen LogP contribution in [-0.2, 0) is 17.9 Å². The molecule has 128 valence electrons. The molecule has 2 atom stereocenters. The Labute approximate surface area is 138 Å². The average molecular weight is 341 g/mol. The molecule has 1 aromatic heterocycles. The third-order valence-corrected chi connectivity index (χ3v) is 6.37. The molecule has 2 aliphatic heterocycles. The van der Waals surface area contributed by atoms with Gasteiger partial charge in [-0.3, -0.25) is 0 Å². The Morgan fingerprint density at radius 1 is 1.48 bits per heavy atom. The number of nitrogens with zero attached hydrogens (tertiary/aromatic N) is 4. The van der Waals surface area contributed by atoms with Crippen molar-refractivity contribution < 1.29 is 14.5 Å². The molecule has 2 aliphatic rings. The van der Waals surface area contributed by atoms with Crippen LogP contribution in [-0.4, -0.2) is 53.3 Å². The summed E-state index contributed by atoms with van der Waals surface area (Å²) in [7, 11) is 0. The van der Waals surface area contributed by atoms with Crippen LogP contribution in [0.15, 0.2) is 6.33 Å². The molecule has 0 aliphatic carbocycles. The highest BCUT2D eigenvalue weighted by molar-refractivity contribution is 7.90. The van der Waals surface area contributed by atoms with Crippen molar-refractivity contribution >= 4 is 17.5 Å². The van der Waals surface area contributed by atoms with Crippen LogP contribution in [0.25, 0.3) is 0 Å². The smallest absolute Gasteiger partial charge is 0.407 e. The van der Waals surface area contributed by atoms with Gasteiger partial charge < -0.3 is 19.1 Å². The number of hydrogen-bond donors (Lipinski definition) is 2. The van der Waals surface area contributed by atoms with E-state index in [1.54, 1.807) is 6.33 Å². The molecule has 1 spiro atoms. The lowest BCUT2D eigenvalue weighted by molar-refractivity contribution is 0.0706. The third-order valence-electron chi connectivity index (χ3n) is 4.81. The number of rotatable bonds is 2. The van der Waals surface area contributed by atoms with E-state index in [0.29, 0.717) is 13.1 Å². The minimum absolute atomic E-state index is 0.155. The topological polar surface area (TPSA) is 106 Å². The van der Waals surface area contributed by atoms with E-state index in [1.165, 1.54) is 4.90 Å². The Morgan fingerprint density at radius 3 is 2.70 bits per heavy atom. The van der Waals surface area contributed by atoms with Crippen molar-refractivity contribution in [1.82, 2.24) is 24.4 Å². The van der Waals surface area contributed by atoms with Gasteiger partial charge in [-0.1, -0.05) is 0 Å². The standard InChI is InChI=1S/C14H23N5O3S/c1-13(2,3)23(22)17-10-11-16-15-9-19(11)8-14(10)4-6-18(7-5-14)12(20)21/h9-10,17H,4-8H2,1-3H3,(H,20,21)/t10-,23?/m1/s1. The Bertz CT molecular complexity index is 591. The summed E-state index contributed by atoms with van der Waals surface area (Å²) in [6.45, 7) is 7.50. The van der Waals surface area contributed by atoms with E-state index < -0.39 is 17.5 Å². The Morgan fingerprint density at radius 2 is 2.13 bits per heavy atom. The van der Waals surface area contributed by atoms with E-state index >= 15 is 0 Å². The number of likely N-dealkylation sites (tertiary alicyclic amines) is 1. The summed E-state index contributed by atoms with van der Waals surface area (Å²) in [4.78, 5) is 12.6. The maximum atomic E-state index is 12.6. The normalized spacial score (nSPS) is 24.7. The summed E-state index contributed by atoms with van der Waals surface area (Å²) < 4.78 is 17.5. The lowest BCUT2D eigenvalue weighted by atomic mass is 9.74. The van der Waals surface area contributed by atoms with Crippen LogP contribution >= 0.6 is 0 Å². The molecular weight excluding hydrogens is 318 g/mol. The van der Waals surface area contributed by atoms with Crippen molar-refractivity contribution in [2.45, 2.75) is 50.9 Å². The number of carbonyl (C=O) groups is 1. The number of fused-ring (bicyclic) bond motifs is 1. The van der Waals surface area contributed by atoms with Gasteiger partial charge in [0.25, 0.3) is 0 Å². The van der Waals surface area contributed by atoms with Crippen LogP contribution in [0.5, 0.6) is 0 Å². The molecule has 3 rings (SSSR count). The fourth-order valence-electron chi connectivity index (χ4n) is 3.37. The maximum absolute atomic E-state index is 12.6. The lowest BCUT2D eigenvalue weighted by Crippen LogP contribution is -2.50. The van der Waals surface area contributed by atoms with Crippen molar-refractivity contribution in [1.29, 1.82) is 0 Å². The van der Waals surface area contributed by atoms with Crippen LogP contribution in [0.1, 0.15) is 45.5 Å². The van der Waals surface area contributed by atoms with Gasteiger partial charge in [0.1, 0.15) is 17.1 Å². The summed E-state index contributed by atoms with van der Waals surface area (Å²) in [5, 5.41) is 17.3. The number of aromatic nitrogens is 3. The monoisotopic (exact) mass is 341 g/mol. The van der Waals surface area contributed by atoms with E-state index in [-0.39, 0.29) is 16.2 Å². The maximum Gasteiger partial charge on any atom is 0.407 e. The van der Waals surface area contributed by atoms with Gasteiger partial charge in [0.15, 0.2) is 5.82 Å². The van der Waals surface area contributed by atoms with Gasteiger partial charge in [0, 0.05) is 36.4 Å². The van der Waals surface area contributed by atoms with Crippen molar-refractivity contribution in [2.75, 3.05) is 13.1 Å². The fourth-order valence-corrected chi connectivity index (χ4v) is 4.29. The molecule has 0 saturated carbocycles. The second-order valence-corrected chi connectivity index (χ2v) is 9.38. The first kappa shape index (κ1) is 16.5. The van der Waals surface area contributed by atoms with Gasteiger partial charge in [0.2, 0.25) is 0 Å². The lowest BCUT2D eigenvalue weighted by Gasteiger charge is -2.41. The highest BCUT2D eigenvalue weighted by atomic mass is 32.2. The van der Waals surface area contributed by atoms with E-state index in [9.17, 15) is 9.35 Å². The predicted octanol–water partition coefficient (Wildman–Crippen LogP) is 1.14. The van der Waals surface area contributed by atoms with Crippen LogP contribution < -0.4 is 4.72 Å². The quantitative estimate of drug-likeness (QED) is 0.782. The number of piperidine rings is 1. The average Bonchev–Trinajstić information content (AvgIpc) is 3.00. The molecule has 0 bridgehead atoms. The minimum Gasteiger partial charge on any atom is -0.598 e. The van der Waals surface area contributed by atoms with Gasteiger partial charge in [-0.05, 0) is 33.6 Å². The van der Waals surface area contributed by atoms with E-state index in [4.69, 9.17) is 5.11 Å². The molecule has 23 heavy (non-hydrogen) atoms. The van der Waals surface area contributed by atoms with Crippen LogP contribution in [0, 0.1) is 5.41 Å². The van der Waals surface area contributed by atoms with Gasteiger partial charge in [0.05, 0.1) is 0 Å². The van der Waals surface area contributed by atoms with E-state index in [1.807, 2.05) is 25.3 Å². The summed E-state index contributed by atoms with van der Waals surface area (Å²) in [5.41, 5.74) is -0.155. The number of nitrogens with one attached hydrogen (secondary N) is 1. The molecule has 9 heteroatoms. The zero-order valence-electron chi connectivity index (χ0n) is 13.7. The second kappa shape index (κ2) is 5.64. The van der Waals surface area contributed by atoms with Crippen molar-refractivity contribution in [3.05, 3.63) is 12.2 Å². The molecule has 1 amide bonds. The first-order valence-corrected chi connectivity index (χ1v) is 8.92. The third kappa shape index (κ3) is 2.92. The van der Waals surface area contributed by atoms with Gasteiger partial charge in [-0.25, -0.2) is 4.79 Å². The number of carboxylic acid groups (broad SMARTS) is 1. The van der Waals surface area contributed by atoms with Crippen molar-refractivity contribution in [2.24, 2.45) is 5.41 Å². The van der Waals surface area contributed by atoms with E-state index in [2.05, 4.69) is 14.9 Å². The molecule has 1 unspecified atom stereocenters. The van der Waals surface area contributed by atoms with Crippen LogP contribution in [0.3, 0.4) is 0 Å². The SMILES string of the molecule is CC(C)(C)[S+]([O-])N[C@@H]1c2nncn2CC12CCN(C(=O)O)CC2. The number of hydrogen-bond acceptors (Lipinski definition) is 5. The molecule has 2 N–H and O–H groups in total. The minimum atomic E-state index is -1.22. The van der Waals surface area contributed by atoms with Gasteiger partial charge in [-0.15, -0.1) is 14.9 Å². The van der Waals surface area contributed by atoms with Crippen molar-refractivity contribution in [3.63, 3.8) is 0 Å². The molecule has 0 aromatic carbocycles. The van der Waals surface area contributed by atoms with E-state index in [0.717, 1.165) is 25.2 Å². The first-order chi connectivity index (χ1) is 10.7. The van der Waals surface area contributed by atoms with Crippen LogP contribution in [0.2, 0.25) is 0 Å². The summed E-state index contributed by atoms with van der Waals surface area (Å²) in [6, 6.07) is -0.166. The molecule has 1 saturated heterocycles. The molecule has 8 nitrogen and oxygen atoms in total. The molecule has 1 aromatic rings. The Balaban J connectivity index is 1.83. The molecule has 1 fully saturated rings. The number of amides is 1. The Hall–Kier alpha value is -1.32. The zero-order chi connectivity index (χ0) is 16.8. The molecule has 3 heterocycles. The zero-order valence-corrected chi connectivity index (χ0v) is 14.5. The Kier molecular flexibility index (Phi) is 4.06. The summed E-state index contributed by atoms with van der Waals surface area (Å²) in [5.74, 6) is 0.798. The first-order valence-electron chi connectivity index (χ1n) is 7.77. The molecular formula is C14H23N5O3S. The summed E-state index contributed by atoms with van der Waals surface area (Å²) >= 11 is -1.22. The van der Waals surface area contributed by atoms with Gasteiger partial charge >= 0.3 is 6.09 Å². The highest BCUT2D eigenvalue weighted by Gasteiger charge is 2.52. The van der Waals surface area contributed by atoms with Gasteiger partial charge in [-0.2, -0.15) is 0 Å². The fraction of sp³-hybridized carbons (Fsp3) is 0.786. The van der Waals surface area contributed by atoms with Crippen LogP contribution in [0.4, 0.5) is 4.79 Å². The largest absolute Gasteiger partial charge is 0.598 e. The van der Waals surface area contributed by atoms with Crippen molar-refractivity contribution in [3.8, 4) is 0 Å².